The Hall–Kier alpha value is -1.82. The van der Waals surface area contributed by atoms with Gasteiger partial charge in [-0.3, -0.25) is 5.10 Å². The van der Waals surface area contributed by atoms with Crippen molar-refractivity contribution in [2.24, 2.45) is 0 Å². The van der Waals surface area contributed by atoms with E-state index in [9.17, 15) is 4.79 Å². The minimum Gasteiger partial charge on any atom is -0.495 e. The number of nitrogens with one attached hydrogen (secondary N) is 1. The first kappa shape index (κ1) is 14.1. The van der Waals surface area contributed by atoms with Crippen LogP contribution in [0, 0.1) is 0 Å². The van der Waals surface area contributed by atoms with Gasteiger partial charge in [0, 0.05) is 5.56 Å². The van der Waals surface area contributed by atoms with Crippen LogP contribution in [0.5, 0.6) is 5.75 Å². The van der Waals surface area contributed by atoms with Crippen molar-refractivity contribution in [2.75, 3.05) is 7.11 Å². The zero-order valence-corrected chi connectivity index (χ0v) is 13.2. The van der Waals surface area contributed by atoms with E-state index in [1.54, 1.807) is 7.11 Å². The molecular formula is C15H15BrN2O3. The van der Waals surface area contributed by atoms with Crippen molar-refractivity contribution in [2.45, 2.75) is 25.7 Å². The molecule has 0 aliphatic heterocycles. The van der Waals surface area contributed by atoms with Gasteiger partial charge in [-0.15, -0.1) is 0 Å². The highest BCUT2D eigenvalue weighted by atomic mass is 79.9. The summed E-state index contributed by atoms with van der Waals surface area (Å²) in [5, 5.41) is 15.6. The normalized spacial score (nSPS) is 13.8. The van der Waals surface area contributed by atoms with Crippen molar-refractivity contribution in [3.8, 4) is 17.0 Å². The highest BCUT2D eigenvalue weighted by molar-refractivity contribution is 9.10. The summed E-state index contributed by atoms with van der Waals surface area (Å²) in [5.74, 6) is -0.316. The Bertz CT molecular complexity index is 709. The van der Waals surface area contributed by atoms with Crippen molar-refractivity contribution in [3.05, 3.63) is 33.4 Å². The minimum absolute atomic E-state index is 0.0703. The summed E-state index contributed by atoms with van der Waals surface area (Å²) in [5.41, 5.74) is 4.03. The molecular weight excluding hydrogens is 336 g/mol. The number of aryl methyl sites for hydroxylation is 1. The van der Waals surface area contributed by atoms with Gasteiger partial charge in [0.1, 0.15) is 11.4 Å². The topological polar surface area (TPSA) is 75.2 Å². The number of carboxylic acids is 1. The number of halogens is 1. The number of benzene rings is 1. The molecule has 0 saturated heterocycles. The Balaban J connectivity index is 2.16. The van der Waals surface area contributed by atoms with Crippen LogP contribution in [0.3, 0.4) is 0 Å². The molecule has 0 saturated carbocycles. The second-order valence-electron chi connectivity index (χ2n) is 5.09. The molecule has 1 aromatic carbocycles. The Morgan fingerprint density at radius 2 is 2.14 bits per heavy atom. The lowest BCUT2D eigenvalue weighted by molar-refractivity contribution is 0.0690. The molecule has 1 aromatic heterocycles. The quantitative estimate of drug-likeness (QED) is 0.889. The maximum atomic E-state index is 11.0. The van der Waals surface area contributed by atoms with Crippen LogP contribution in [-0.4, -0.2) is 28.4 Å². The standard InChI is InChI=1S/C15H15BrN2O3/c1-21-14-10(11-7-12(15(19)20)18-17-11)6-8-4-2-3-5-9(8)13(14)16/h6-7H,2-5H2,1H3,(H,17,18)(H,19,20). The molecule has 0 spiro atoms. The molecule has 3 rings (SSSR count). The average Bonchev–Trinajstić information content (AvgIpc) is 2.97. The van der Waals surface area contributed by atoms with Gasteiger partial charge in [-0.05, 0) is 64.9 Å². The van der Waals surface area contributed by atoms with Crippen molar-refractivity contribution >= 4 is 21.9 Å². The van der Waals surface area contributed by atoms with E-state index in [1.165, 1.54) is 30.0 Å². The smallest absolute Gasteiger partial charge is 0.353 e. The molecule has 2 aromatic rings. The number of carbonyl (C=O) groups is 1. The number of H-pyrrole nitrogens is 1. The van der Waals surface area contributed by atoms with Crippen LogP contribution in [-0.2, 0) is 12.8 Å². The number of aromatic nitrogens is 2. The largest absolute Gasteiger partial charge is 0.495 e. The Morgan fingerprint density at radius 3 is 2.81 bits per heavy atom. The molecule has 5 nitrogen and oxygen atoms in total. The van der Waals surface area contributed by atoms with Gasteiger partial charge >= 0.3 is 5.97 Å². The molecule has 0 bridgehead atoms. The Kier molecular flexibility index (Phi) is 3.71. The van der Waals surface area contributed by atoms with E-state index in [-0.39, 0.29) is 5.69 Å². The highest BCUT2D eigenvalue weighted by Crippen LogP contribution is 2.42. The van der Waals surface area contributed by atoms with Crippen molar-refractivity contribution in [1.29, 1.82) is 0 Å². The fraction of sp³-hybridized carbons (Fsp3) is 0.333. The zero-order valence-electron chi connectivity index (χ0n) is 11.6. The van der Waals surface area contributed by atoms with Gasteiger partial charge in [-0.1, -0.05) is 0 Å². The van der Waals surface area contributed by atoms with E-state index < -0.39 is 5.97 Å². The predicted octanol–water partition coefficient (Wildman–Crippen LogP) is 3.42. The lowest BCUT2D eigenvalue weighted by Crippen LogP contribution is -2.06. The number of methoxy groups -OCH3 is 1. The van der Waals surface area contributed by atoms with Crippen LogP contribution in [0.2, 0.25) is 0 Å². The fourth-order valence-corrected chi connectivity index (χ4v) is 3.62. The first-order chi connectivity index (χ1) is 10.1. The molecule has 1 aliphatic carbocycles. The summed E-state index contributed by atoms with van der Waals surface area (Å²) in [7, 11) is 1.61. The number of fused-ring (bicyclic) bond motifs is 1. The monoisotopic (exact) mass is 350 g/mol. The van der Waals surface area contributed by atoms with Gasteiger partial charge in [0.15, 0.2) is 0 Å². The molecule has 0 amide bonds. The van der Waals surface area contributed by atoms with E-state index in [1.807, 2.05) is 0 Å². The molecule has 1 aliphatic rings. The van der Waals surface area contributed by atoms with Crippen LogP contribution in [0.15, 0.2) is 16.6 Å². The summed E-state index contributed by atoms with van der Waals surface area (Å²) in [4.78, 5) is 11.0. The van der Waals surface area contributed by atoms with Gasteiger partial charge in [0.2, 0.25) is 0 Å². The first-order valence-corrected chi connectivity index (χ1v) is 7.58. The third-order valence-corrected chi connectivity index (χ3v) is 4.67. The molecule has 1 heterocycles. The SMILES string of the molecule is COc1c(-c2cc(C(=O)O)[nH]n2)cc2c(c1Br)CCCC2. The minimum atomic E-state index is -1.02. The van der Waals surface area contributed by atoms with E-state index >= 15 is 0 Å². The van der Waals surface area contributed by atoms with E-state index in [0.29, 0.717) is 11.4 Å². The highest BCUT2D eigenvalue weighted by Gasteiger charge is 2.22. The maximum Gasteiger partial charge on any atom is 0.353 e. The fourth-order valence-electron chi connectivity index (χ4n) is 2.79. The molecule has 0 atom stereocenters. The summed E-state index contributed by atoms with van der Waals surface area (Å²) in [6.07, 6.45) is 4.42. The summed E-state index contributed by atoms with van der Waals surface area (Å²) >= 11 is 3.63. The number of aromatic carboxylic acids is 1. The molecule has 2 N–H and O–H groups in total. The van der Waals surface area contributed by atoms with Gasteiger partial charge in [0.05, 0.1) is 17.3 Å². The van der Waals surface area contributed by atoms with Crippen molar-refractivity contribution < 1.29 is 14.6 Å². The first-order valence-electron chi connectivity index (χ1n) is 6.79. The third kappa shape index (κ3) is 2.44. The number of aromatic amines is 1. The third-order valence-electron chi connectivity index (χ3n) is 3.83. The van der Waals surface area contributed by atoms with Gasteiger partial charge in [-0.25, -0.2) is 4.79 Å². The molecule has 6 heteroatoms. The molecule has 0 unspecified atom stereocenters. The second-order valence-corrected chi connectivity index (χ2v) is 5.88. The van der Waals surface area contributed by atoms with Gasteiger partial charge in [-0.2, -0.15) is 5.10 Å². The molecule has 0 radical (unpaired) electrons. The van der Waals surface area contributed by atoms with Crippen molar-refractivity contribution in [1.82, 2.24) is 10.2 Å². The van der Waals surface area contributed by atoms with Gasteiger partial charge < -0.3 is 9.84 Å². The van der Waals surface area contributed by atoms with E-state index in [2.05, 4.69) is 32.2 Å². The van der Waals surface area contributed by atoms with E-state index in [4.69, 9.17) is 9.84 Å². The lowest BCUT2D eigenvalue weighted by Gasteiger charge is -2.21. The van der Waals surface area contributed by atoms with E-state index in [0.717, 1.165) is 22.9 Å². The molecule has 0 fully saturated rings. The number of carboxylic acid groups (broad SMARTS) is 1. The van der Waals surface area contributed by atoms with Crippen LogP contribution < -0.4 is 4.74 Å². The predicted molar refractivity (Wildman–Crippen MR) is 81.9 cm³/mol. The number of ether oxygens (including phenoxy) is 1. The van der Waals surface area contributed by atoms with Gasteiger partial charge in [0.25, 0.3) is 0 Å². The summed E-state index contributed by atoms with van der Waals surface area (Å²) in [6, 6.07) is 3.60. The van der Waals surface area contributed by atoms with Crippen molar-refractivity contribution in [3.63, 3.8) is 0 Å². The maximum absolute atomic E-state index is 11.0. The average molecular weight is 351 g/mol. The number of hydrogen-bond acceptors (Lipinski definition) is 3. The summed E-state index contributed by atoms with van der Waals surface area (Å²) in [6.45, 7) is 0. The number of rotatable bonds is 3. The van der Waals surface area contributed by atoms with Crippen LogP contribution >= 0.6 is 15.9 Å². The van der Waals surface area contributed by atoms with Crippen LogP contribution in [0.4, 0.5) is 0 Å². The Labute approximate surface area is 130 Å². The zero-order chi connectivity index (χ0) is 15.0. The Morgan fingerprint density at radius 1 is 1.38 bits per heavy atom. The molecule has 110 valence electrons. The van der Waals surface area contributed by atoms with Crippen LogP contribution in [0.25, 0.3) is 11.3 Å². The van der Waals surface area contributed by atoms with Crippen LogP contribution in [0.1, 0.15) is 34.5 Å². The second kappa shape index (κ2) is 5.52. The molecule has 21 heavy (non-hydrogen) atoms. The number of nitrogens with zero attached hydrogens (tertiary/aromatic N) is 1. The summed E-state index contributed by atoms with van der Waals surface area (Å²) < 4.78 is 6.47. The lowest BCUT2D eigenvalue weighted by atomic mass is 9.89. The number of hydrogen-bond donors (Lipinski definition) is 2.